The van der Waals surface area contributed by atoms with Gasteiger partial charge in [0.1, 0.15) is 16.3 Å². The summed E-state index contributed by atoms with van der Waals surface area (Å²) in [5, 5.41) is 3.37. The number of aromatic nitrogens is 2. The number of nitrogens with one attached hydrogen (secondary N) is 2. The fraction of sp³-hybridized carbons (Fsp3) is 0.692. The Labute approximate surface area is 115 Å². The van der Waals surface area contributed by atoms with Gasteiger partial charge in [-0.3, -0.25) is 0 Å². The molecule has 1 aromatic heterocycles. The van der Waals surface area contributed by atoms with Crippen molar-refractivity contribution in [1.82, 2.24) is 14.9 Å². The summed E-state index contributed by atoms with van der Waals surface area (Å²) in [7, 11) is 4.17. The first-order valence-corrected chi connectivity index (χ1v) is 6.87. The molecule has 0 bridgehead atoms. The first-order valence-electron chi connectivity index (χ1n) is 6.46. The van der Waals surface area contributed by atoms with Gasteiger partial charge in [0, 0.05) is 19.0 Å². The smallest absolute Gasteiger partial charge is 0.131 e. The van der Waals surface area contributed by atoms with Gasteiger partial charge >= 0.3 is 0 Å². The maximum absolute atomic E-state index is 5.18. The van der Waals surface area contributed by atoms with Gasteiger partial charge in [-0.05, 0) is 33.0 Å². The molecule has 0 aromatic carbocycles. The van der Waals surface area contributed by atoms with E-state index in [0.29, 0.717) is 10.6 Å². The first kappa shape index (κ1) is 15.1. The molecule has 0 radical (unpaired) electrons. The van der Waals surface area contributed by atoms with Crippen molar-refractivity contribution in [3.63, 3.8) is 0 Å². The second kappa shape index (κ2) is 7.48. The van der Waals surface area contributed by atoms with Crippen LogP contribution in [0.4, 0.5) is 5.82 Å². The highest BCUT2D eigenvalue weighted by molar-refractivity contribution is 7.71. The molecule has 0 aliphatic carbocycles. The zero-order chi connectivity index (χ0) is 13.5. The molecule has 1 rings (SSSR count). The van der Waals surface area contributed by atoms with Gasteiger partial charge in [0.05, 0.1) is 0 Å². The van der Waals surface area contributed by atoms with E-state index >= 15 is 0 Å². The molecule has 0 unspecified atom stereocenters. The normalized spacial score (nSPS) is 11.2. The van der Waals surface area contributed by atoms with Crippen molar-refractivity contribution in [2.24, 2.45) is 5.92 Å². The standard InChI is InChI=1S/C13H24N4S/c1-10(2)8-12-15-11(9-13(18)16-12)14-6-5-7-17(3)4/h9-10H,5-8H2,1-4H3,(H2,14,15,16,18). The summed E-state index contributed by atoms with van der Waals surface area (Å²) < 4.78 is 0.652. The first-order chi connectivity index (χ1) is 8.47. The number of hydrogen-bond acceptors (Lipinski definition) is 4. The molecule has 0 atom stereocenters. The van der Waals surface area contributed by atoms with Crippen LogP contribution >= 0.6 is 12.2 Å². The minimum Gasteiger partial charge on any atom is -0.371 e. The van der Waals surface area contributed by atoms with E-state index in [-0.39, 0.29) is 0 Å². The lowest BCUT2D eigenvalue weighted by Crippen LogP contribution is -2.17. The van der Waals surface area contributed by atoms with E-state index in [1.807, 2.05) is 6.07 Å². The minimum absolute atomic E-state index is 0.576. The number of hydrogen-bond donors (Lipinski definition) is 2. The Morgan fingerprint density at radius 1 is 1.44 bits per heavy atom. The highest BCUT2D eigenvalue weighted by Crippen LogP contribution is 2.08. The van der Waals surface area contributed by atoms with Crippen molar-refractivity contribution >= 4 is 18.0 Å². The van der Waals surface area contributed by atoms with Gasteiger partial charge in [-0.15, -0.1) is 0 Å². The summed E-state index contributed by atoms with van der Waals surface area (Å²) in [6.45, 7) is 6.37. The summed E-state index contributed by atoms with van der Waals surface area (Å²) >= 11 is 5.18. The highest BCUT2D eigenvalue weighted by Gasteiger charge is 2.02. The van der Waals surface area contributed by atoms with Crippen LogP contribution in [0.1, 0.15) is 26.1 Å². The zero-order valence-electron chi connectivity index (χ0n) is 11.8. The number of nitrogens with zero attached hydrogens (tertiary/aromatic N) is 2. The van der Waals surface area contributed by atoms with Crippen LogP contribution < -0.4 is 5.32 Å². The van der Waals surface area contributed by atoms with E-state index in [4.69, 9.17) is 12.2 Å². The monoisotopic (exact) mass is 268 g/mol. The molecule has 4 nitrogen and oxygen atoms in total. The third kappa shape index (κ3) is 6.12. The summed E-state index contributed by atoms with van der Waals surface area (Å²) in [6.07, 6.45) is 2.03. The van der Waals surface area contributed by atoms with Crippen LogP contribution in [0.5, 0.6) is 0 Å². The molecule has 0 fully saturated rings. The van der Waals surface area contributed by atoms with E-state index in [1.54, 1.807) is 0 Å². The molecule has 5 heteroatoms. The van der Waals surface area contributed by atoms with Gasteiger partial charge in [-0.1, -0.05) is 26.1 Å². The van der Waals surface area contributed by atoms with E-state index in [2.05, 4.69) is 48.1 Å². The van der Waals surface area contributed by atoms with E-state index < -0.39 is 0 Å². The summed E-state index contributed by atoms with van der Waals surface area (Å²) in [4.78, 5) is 9.82. The van der Waals surface area contributed by atoms with E-state index in [9.17, 15) is 0 Å². The summed E-state index contributed by atoms with van der Waals surface area (Å²) in [5.74, 6) is 2.52. The van der Waals surface area contributed by atoms with E-state index in [0.717, 1.165) is 37.6 Å². The summed E-state index contributed by atoms with van der Waals surface area (Å²) in [5.41, 5.74) is 0. The highest BCUT2D eigenvalue weighted by atomic mass is 32.1. The average Bonchev–Trinajstić information content (AvgIpc) is 2.22. The van der Waals surface area contributed by atoms with Crippen LogP contribution in [0, 0.1) is 10.6 Å². The van der Waals surface area contributed by atoms with Crippen LogP contribution in [-0.2, 0) is 6.42 Å². The van der Waals surface area contributed by atoms with Gasteiger partial charge in [0.25, 0.3) is 0 Å². The van der Waals surface area contributed by atoms with Gasteiger partial charge < -0.3 is 15.2 Å². The fourth-order valence-corrected chi connectivity index (χ4v) is 1.93. The molecule has 1 heterocycles. The van der Waals surface area contributed by atoms with Crippen molar-refractivity contribution in [2.45, 2.75) is 26.7 Å². The summed E-state index contributed by atoms with van der Waals surface area (Å²) in [6, 6.07) is 1.88. The van der Waals surface area contributed by atoms with Crippen LogP contribution in [0.3, 0.4) is 0 Å². The Balaban J connectivity index is 2.54. The quantitative estimate of drug-likeness (QED) is 0.589. The van der Waals surface area contributed by atoms with Crippen molar-refractivity contribution in [3.8, 4) is 0 Å². The maximum Gasteiger partial charge on any atom is 0.131 e. The van der Waals surface area contributed by atoms with E-state index in [1.165, 1.54) is 0 Å². The number of anilines is 1. The number of aromatic amines is 1. The van der Waals surface area contributed by atoms with Crippen LogP contribution in [0.15, 0.2) is 6.07 Å². The molecule has 102 valence electrons. The predicted molar refractivity (Wildman–Crippen MR) is 79.6 cm³/mol. The second-order valence-corrected chi connectivity index (χ2v) is 5.68. The topological polar surface area (TPSA) is 44.0 Å². The lowest BCUT2D eigenvalue weighted by atomic mass is 10.1. The SMILES string of the molecule is CC(C)Cc1nc(=S)cc(NCCCN(C)C)[nH]1. The molecular formula is C13H24N4S. The Hall–Kier alpha value is -0.940. The Kier molecular flexibility index (Phi) is 6.29. The molecule has 0 aliphatic rings. The third-order valence-corrected chi connectivity index (χ3v) is 2.70. The molecule has 1 aromatic rings. The molecule has 0 amide bonds. The maximum atomic E-state index is 5.18. The molecule has 18 heavy (non-hydrogen) atoms. The van der Waals surface area contributed by atoms with Crippen molar-refractivity contribution in [2.75, 3.05) is 32.5 Å². The van der Waals surface area contributed by atoms with Gasteiger partial charge in [-0.25, -0.2) is 4.98 Å². The Morgan fingerprint density at radius 3 is 2.78 bits per heavy atom. The lowest BCUT2D eigenvalue weighted by Gasteiger charge is -2.12. The molecule has 0 spiro atoms. The van der Waals surface area contributed by atoms with Crippen LogP contribution in [0.2, 0.25) is 0 Å². The lowest BCUT2D eigenvalue weighted by molar-refractivity contribution is 0.405. The van der Waals surface area contributed by atoms with Crippen molar-refractivity contribution in [1.29, 1.82) is 0 Å². The van der Waals surface area contributed by atoms with Gasteiger partial charge in [0.2, 0.25) is 0 Å². The zero-order valence-corrected chi connectivity index (χ0v) is 12.6. The molecule has 0 saturated carbocycles. The van der Waals surface area contributed by atoms with Crippen molar-refractivity contribution < 1.29 is 0 Å². The number of rotatable bonds is 7. The minimum atomic E-state index is 0.576. The molecule has 0 saturated heterocycles. The molecule has 2 N–H and O–H groups in total. The van der Waals surface area contributed by atoms with Crippen molar-refractivity contribution in [3.05, 3.63) is 16.5 Å². The predicted octanol–water partition coefficient (Wildman–Crippen LogP) is 2.70. The number of H-pyrrole nitrogens is 1. The molecule has 0 aliphatic heterocycles. The Morgan fingerprint density at radius 2 is 2.17 bits per heavy atom. The van der Waals surface area contributed by atoms with Crippen LogP contribution in [0.25, 0.3) is 0 Å². The average molecular weight is 268 g/mol. The van der Waals surface area contributed by atoms with Gasteiger partial charge in [0.15, 0.2) is 0 Å². The largest absolute Gasteiger partial charge is 0.371 e. The third-order valence-electron chi connectivity index (χ3n) is 2.49. The second-order valence-electron chi connectivity index (χ2n) is 5.26. The molecular weight excluding hydrogens is 244 g/mol. The Bertz CT molecular complexity index is 412. The fourth-order valence-electron chi connectivity index (χ4n) is 1.71. The van der Waals surface area contributed by atoms with Crippen LogP contribution in [-0.4, -0.2) is 42.1 Å². The van der Waals surface area contributed by atoms with Gasteiger partial charge in [-0.2, -0.15) is 0 Å².